The van der Waals surface area contributed by atoms with E-state index in [4.69, 9.17) is 9.73 Å². The Morgan fingerprint density at radius 3 is 2.67 bits per heavy atom. The molecule has 0 aliphatic carbocycles. The summed E-state index contributed by atoms with van der Waals surface area (Å²) in [6, 6.07) is 16.9. The Morgan fingerprint density at radius 1 is 1.08 bits per heavy atom. The van der Waals surface area contributed by atoms with Crippen molar-refractivity contribution in [1.82, 2.24) is 15.2 Å². The van der Waals surface area contributed by atoms with Crippen LogP contribution in [0.1, 0.15) is 35.4 Å². The molecule has 9 heteroatoms. The first-order valence-corrected chi connectivity index (χ1v) is 13.2. The number of esters is 1. The van der Waals surface area contributed by atoms with Crippen LogP contribution in [0.5, 0.6) is 0 Å². The summed E-state index contributed by atoms with van der Waals surface area (Å²) in [4.78, 5) is 38.0. The highest BCUT2D eigenvalue weighted by Gasteiger charge is 2.41. The van der Waals surface area contributed by atoms with Gasteiger partial charge in [0.05, 0.1) is 17.7 Å². The van der Waals surface area contributed by atoms with Crippen molar-refractivity contribution in [2.45, 2.75) is 32.5 Å². The van der Waals surface area contributed by atoms with Crippen molar-refractivity contribution in [3.8, 4) is 0 Å². The van der Waals surface area contributed by atoms with E-state index in [2.05, 4.69) is 10.3 Å². The maximum absolute atomic E-state index is 13.4. The molecular weight excluding hydrogens is 492 g/mol. The number of carbonyl (C=O) groups excluding carboxylic acids is 2. The van der Waals surface area contributed by atoms with Crippen molar-refractivity contribution < 1.29 is 14.3 Å². The number of benzene rings is 1. The van der Waals surface area contributed by atoms with Crippen LogP contribution in [0.4, 0.5) is 0 Å². The average Bonchev–Trinajstić information content (AvgIpc) is 3.57. The number of nitrogens with zero attached hydrogens (tertiary/aromatic N) is 3. The monoisotopic (exact) mass is 516 g/mol. The van der Waals surface area contributed by atoms with Crippen LogP contribution in [-0.4, -0.2) is 26.9 Å². The summed E-state index contributed by atoms with van der Waals surface area (Å²) in [7, 11) is 0. The average molecular weight is 517 g/mol. The topological polar surface area (TPSA) is 83.9 Å². The number of amidine groups is 1. The quantitative estimate of drug-likeness (QED) is 0.416. The molecule has 36 heavy (non-hydrogen) atoms. The van der Waals surface area contributed by atoms with Crippen LogP contribution in [0, 0.1) is 0 Å². The molecule has 2 aromatic heterocycles. The number of fused-ring (bicyclic) bond motifs is 1. The Hall–Kier alpha value is -3.69. The third kappa shape index (κ3) is 5.27. The lowest BCUT2D eigenvalue weighted by Gasteiger charge is -2.35. The number of thiophene rings is 1. The SMILES string of the molecule is CC1=C(C(=O)OCc2ccccc2)[C@H](c2cccs2)N2C(CC(=O)NCc3cccnc3)=CSC2=N1. The van der Waals surface area contributed by atoms with Crippen LogP contribution in [0.25, 0.3) is 0 Å². The molecule has 5 rings (SSSR count). The lowest BCUT2D eigenvalue weighted by Crippen LogP contribution is -2.37. The second kappa shape index (κ2) is 10.9. The van der Waals surface area contributed by atoms with Gasteiger partial charge in [0.15, 0.2) is 5.17 Å². The predicted molar refractivity (Wildman–Crippen MR) is 142 cm³/mol. The number of amides is 1. The normalized spacial score (nSPS) is 16.8. The third-order valence-corrected chi connectivity index (χ3v) is 7.61. The summed E-state index contributed by atoms with van der Waals surface area (Å²) in [6.07, 6.45) is 3.60. The fraction of sp³-hybridized carbons (Fsp3) is 0.185. The number of nitrogens with one attached hydrogen (secondary N) is 1. The number of rotatable bonds is 8. The smallest absolute Gasteiger partial charge is 0.338 e. The Bertz CT molecular complexity index is 1340. The molecule has 2 aliphatic heterocycles. The van der Waals surface area contributed by atoms with Gasteiger partial charge < -0.3 is 15.0 Å². The predicted octanol–water partition coefficient (Wildman–Crippen LogP) is 5.17. The molecule has 2 aliphatic rings. The van der Waals surface area contributed by atoms with Gasteiger partial charge in [-0.3, -0.25) is 9.78 Å². The summed E-state index contributed by atoms with van der Waals surface area (Å²) >= 11 is 3.02. The van der Waals surface area contributed by atoms with Gasteiger partial charge in [0.1, 0.15) is 12.6 Å². The first-order chi connectivity index (χ1) is 17.6. The van der Waals surface area contributed by atoms with E-state index in [0.29, 0.717) is 17.8 Å². The van der Waals surface area contributed by atoms with Gasteiger partial charge in [0.2, 0.25) is 5.91 Å². The van der Waals surface area contributed by atoms with Gasteiger partial charge in [-0.05, 0) is 41.0 Å². The highest BCUT2D eigenvalue weighted by atomic mass is 32.2. The molecule has 0 radical (unpaired) electrons. The Morgan fingerprint density at radius 2 is 1.92 bits per heavy atom. The molecule has 0 fully saturated rings. The maximum Gasteiger partial charge on any atom is 0.338 e. The van der Waals surface area contributed by atoms with Crippen LogP contribution < -0.4 is 5.32 Å². The minimum absolute atomic E-state index is 0.114. The number of allylic oxidation sites excluding steroid dienone is 1. The molecule has 1 atom stereocenters. The Labute approximate surface area is 217 Å². The molecule has 0 saturated carbocycles. The largest absolute Gasteiger partial charge is 0.457 e. The maximum atomic E-state index is 13.4. The summed E-state index contributed by atoms with van der Waals surface area (Å²) < 4.78 is 5.72. The summed E-state index contributed by atoms with van der Waals surface area (Å²) in [5.74, 6) is -0.522. The lowest BCUT2D eigenvalue weighted by atomic mass is 9.99. The van der Waals surface area contributed by atoms with Crippen LogP contribution >= 0.6 is 23.1 Å². The van der Waals surface area contributed by atoms with Gasteiger partial charge in [0, 0.05) is 29.5 Å². The summed E-state index contributed by atoms with van der Waals surface area (Å²) in [6.45, 7) is 2.42. The second-order valence-corrected chi connectivity index (χ2v) is 10.1. The van der Waals surface area contributed by atoms with E-state index in [0.717, 1.165) is 26.9 Å². The first-order valence-electron chi connectivity index (χ1n) is 11.4. The van der Waals surface area contributed by atoms with Crippen molar-refractivity contribution in [2.24, 2.45) is 4.99 Å². The molecule has 3 aromatic rings. The van der Waals surface area contributed by atoms with Gasteiger partial charge in [0.25, 0.3) is 0 Å². The number of carbonyl (C=O) groups is 2. The van der Waals surface area contributed by atoms with Gasteiger partial charge in [-0.2, -0.15) is 0 Å². The highest BCUT2D eigenvalue weighted by molar-refractivity contribution is 8.16. The van der Waals surface area contributed by atoms with E-state index in [9.17, 15) is 9.59 Å². The molecule has 1 N–H and O–H groups in total. The molecule has 4 heterocycles. The minimum Gasteiger partial charge on any atom is -0.457 e. The molecule has 1 amide bonds. The third-order valence-electron chi connectivity index (χ3n) is 5.80. The first kappa shape index (κ1) is 24.0. The fourth-order valence-corrected chi connectivity index (χ4v) is 5.87. The Balaban J connectivity index is 1.35. The number of aliphatic imine (C=N–C) groups is 1. The number of aromatic nitrogens is 1. The van der Waals surface area contributed by atoms with E-state index < -0.39 is 12.0 Å². The number of pyridine rings is 1. The molecule has 7 nitrogen and oxygen atoms in total. The molecule has 182 valence electrons. The van der Waals surface area contributed by atoms with Crippen LogP contribution in [0.2, 0.25) is 0 Å². The van der Waals surface area contributed by atoms with E-state index in [1.807, 2.05) is 77.2 Å². The van der Waals surface area contributed by atoms with Crippen molar-refractivity contribution in [3.05, 3.63) is 111 Å². The molecule has 0 unspecified atom stereocenters. The number of thioether (sulfide) groups is 1. The summed E-state index contributed by atoms with van der Waals surface area (Å²) in [5, 5.41) is 7.63. The van der Waals surface area contributed by atoms with Crippen LogP contribution in [0.3, 0.4) is 0 Å². The van der Waals surface area contributed by atoms with E-state index in [-0.39, 0.29) is 18.9 Å². The van der Waals surface area contributed by atoms with E-state index in [1.165, 1.54) is 11.8 Å². The molecular formula is C27H24N4O3S2. The second-order valence-electron chi connectivity index (χ2n) is 8.28. The highest BCUT2D eigenvalue weighted by Crippen LogP contribution is 2.45. The lowest BCUT2D eigenvalue weighted by molar-refractivity contribution is -0.141. The fourth-order valence-electron chi connectivity index (χ4n) is 4.08. The van der Waals surface area contributed by atoms with Crippen molar-refractivity contribution in [1.29, 1.82) is 0 Å². The zero-order valence-electron chi connectivity index (χ0n) is 19.6. The van der Waals surface area contributed by atoms with E-state index >= 15 is 0 Å². The van der Waals surface area contributed by atoms with Gasteiger partial charge >= 0.3 is 5.97 Å². The van der Waals surface area contributed by atoms with Crippen molar-refractivity contribution >= 4 is 40.1 Å². The number of hydrogen-bond donors (Lipinski definition) is 1. The van der Waals surface area contributed by atoms with Crippen molar-refractivity contribution in [3.63, 3.8) is 0 Å². The number of ether oxygens (including phenoxy) is 1. The standard InChI is InChI=1S/C27H24N4O3S2/c1-18-24(26(33)34-16-19-7-3-2-4-8-19)25(22-10-6-12-35-22)31-21(17-36-27(31)30-18)13-23(32)29-15-20-9-5-11-28-14-20/h2-12,14,17,25H,13,15-16H2,1H3,(H,29,32)/t25-/m0/s1. The van der Waals surface area contributed by atoms with Crippen molar-refractivity contribution in [2.75, 3.05) is 0 Å². The zero-order chi connectivity index (χ0) is 24.9. The van der Waals surface area contributed by atoms with Gasteiger partial charge in [-0.25, -0.2) is 9.79 Å². The molecule has 0 spiro atoms. The van der Waals surface area contributed by atoms with E-state index in [1.54, 1.807) is 23.7 Å². The summed E-state index contributed by atoms with van der Waals surface area (Å²) in [5.41, 5.74) is 3.75. The molecule has 0 bridgehead atoms. The zero-order valence-corrected chi connectivity index (χ0v) is 21.2. The number of hydrogen-bond acceptors (Lipinski definition) is 8. The van der Waals surface area contributed by atoms with Gasteiger partial charge in [-0.1, -0.05) is 54.2 Å². The Kier molecular flexibility index (Phi) is 7.29. The molecule has 1 aromatic carbocycles. The molecule has 0 saturated heterocycles. The van der Waals surface area contributed by atoms with Crippen LogP contribution in [0.15, 0.2) is 99.7 Å². The minimum atomic E-state index is -0.409. The van der Waals surface area contributed by atoms with Gasteiger partial charge in [-0.15, -0.1) is 11.3 Å². The van der Waals surface area contributed by atoms with Crippen LogP contribution in [-0.2, 0) is 27.5 Å².